The van der Waals surface area contributed by atoms with Gasteiger partial charge < -0.3 is 14.5 Å². The molecule has 5 heteroatoms. The van der Waals surface area contributed by atoms with Crippen molar-refractivity contribution in [3.63, 3.8) is 0 Å². The molecule has 0 amide bonds. The number of rotatable bonds is 2. The fraction of sp³-hybridized carbons (Fsp3) is 0.0625. The number of carbonyl (C=O) groups is 1. The van der Waals surface area contributed by atoms with Crippen LogP contribution >= 0.6 is 15.9 Å². The van der Waals surface area contributed by atoms with Gasteiger partial charge in [-0.25, -0.2) is 0 Å². The van der Waals surface area contributed by atoms with Crippen LogP contribution in [0.25, 0.3) is 10.9 Å². The maximum Gasteiger partial charge on any atom is 0.231 e. The maximum atomic E-state index is 12.7. The van der Waals surface area contributed by atoms with Gasteiger partial charge in [-0.05, 0) is 30.3 Å². The van der Waals surface area contributed by atoms with E-state index in [1.165, 1.54) is 0 Å². The van der Waals surface area contributed by atoms with Crippen LogP contribution in [0.4, 0.5) is 0 Å². The van der Waals surface area contributed by atoms with E-state index in [-0.39, 0.29) is 12.6 Å². The largest absolute Gasteiger partial charge is 0.454 e. The summed E-state index contributed by atoms with van der Waals surface area (Å²) in [5.74, 6) is 1.25. The number of nitrogens with one attached hydrogen (secondary N) is 1. The van der Waals surface area contributed by atoms with Crippen molar-refractivity contribution < 1.29 is 14.3 Å². The summed E-state index contributed by atoms with van der Waals surface area (Å²) in [5.41, 5.74) is 2.16. The molecule has 21 heavy (non-hydrogen) atoms. The Morgan fingerprint density at radius 2 is 1.95 bits per heavy atom. The first-order valence-electron chi connectivity index (χ1n) is 6.43. The number of ether oxygens (including phenoxy) is 2. The van der Waals surface area contributed by atoms with Crippen LogP contribution in [0.5, 0.6) is 11.5 Å². The minimum absolute atomic E-state index is 0.0399. The standard InChI is InChI=1S/C16H10BrNO3/c17-10-2-3-11-12(7-18-13(11)6-10)16(19)9-1-4-14-15(5-9)21-8-20-14/h1-7,18H,8H2. The number of fused-ring (bicyclic) bond motifs is 2. The van der Waals surface area contributed by atoms with Crippen LogP contribution in [0.15, 0.2) is 47.1 Å². The van der Waals surface area contributed by atoms with Gasteiger partial charge >= 0.3 is 0 Å². The Labute approximate surface area is 128 Å². The van der Waals surface area contributed by atoms with Crippen molar-refractivity contribution in [3.05, 3.63) is 58.2 Å². The number of benzene rings is 2. The van der Waals surface area contributed by atoms with E-state index in [0.717, 1.165) is 15.4 Å². The van der Waals surface area contributed by atoms with Crippen LogP contribution in [0.3, 0.4) is 0 Å². The second-order valence-corrected chi connectivity index (χ2v) is 5.71. The highest BCUT2D eigenvalue weighted by molar-refractivity contribution is 9.10. The molecule has 2 aromatic carbocycles. The average Bonchev–Trinajstić information content (AvgIpc) is 3.11. The Morgan fingerprint density at radius 1 is 1.10 bits per heavy atom. The zero-order chi connectivity index (χ0) is 14.4. The summed E-state index contributed by atoms with van der Waals surface area (Å²) in [6.07, 6.45) is 1.74. The molecular formula is C16H10BrNO3. The molecule has 0 radical (unpaired) electrons. The highest BCUT2D eigenvalue weighted by Crippen LogP contribution is 2.33. The first kappa shape index (κ1) is 12.5. The lowest BCUT2D eigenvalue weighted by Gasteiger charge is -2.02. The number of hydrogen-bond donors (Lipinski definition) is 1. The first-order chi connectivity index (χ1) is 10.2. The van der Waals surface area contributed by atoms with Crippen molar-refractivity contribution in [2.24, 2.45) is 0 Å². The predicted octanol–water partition coefficient (Wildman–Crippen LogP) is 3.89. The van der Waals surface area contributed by atoms with E-state index in [0.29, 0.717) is 22.6 Å². The molecule has 0 atom stereocenters. The summed E-state index contributed by atoms with van der Waals surface area (Å²) >= 11 is 3.42. The maximum absolute atomic E-state index is 12.7. The van der Waals surface area contributed by atoms with Crippen molar-refractivity contribution in [3.8, 4) is 11.5 Å². The monoisotopic (exact) mass is 343 g/mol. The van der Waals surface area contributed by atoms with Crippen LogP contribution in [0, 0.1) is 0 Å². The molecule has 1 aliphatic heterocycles. The normalized spacial score (nSPS) is 12.8. The molecule has 2 heterocycles. The van der Waals surface area contributed by atoms with Gasteiger partial charge in [-0.1, -0.05) is 22.0 Å². The second-order valence-electron chi connectivity index (χ2n) is 4.79. The van der Waals surface area contributed by atoms with E-state index in [9.17, 15) is 4.79 Å². The number of hydrogen-bond acceptors (Lipinski definition) is 3. The molecule has 1 N–H and O–H groups in total. The summed E-state index contributed by atoms with van der Waals surface area (Å²) < 4.78 is 11.6. The van der Waals surface area contributed by atoms with Gasteiger partial charge in [-0.15, -0.1) is 0 Å². The van der Waals surface area contributed by atoms with Crippen molar-refractivity contribution in [2.75, 3.05) is 6.79 Å². The molecule has 3 aromatic rings. The molecule has 0 spiro atoms. The summed E-state index contributed by atoms with van der Waals surface area (Å²) in [7, 11) is 0. The zero-order valence-corrected chi connectivity index (χ0v) is 12.4. The van der Waals surface area contributed by atoms with Crippen LogP contribution in [-0.4, -0.2) is 17.6 Å². The van der Waals surface area contributed by atoms with Crippen LogP contribution in [0.2, 0.25) is 0 Å². The van der Waals surface area contributed by atoms with Crippen molar-refractivity contribution in [2.45, 2.75) is 0 Å². The quantitative estimate of drug-likeness (QED) is 0.718. The van der Waals surface area contributed by atoms with E-state index in [2.05, 4.69) is 20.9 Å². The minimum atomic E-state index is -0.0399. The third-order valence-electron chi connectivity index (χ3n) is 3.52. The fourth-order valence-electron chi connectivity index (χ4n) is 2.48. The summed E-state index contributed by atoms with van der Waals surface area (Å²) in [5, 5.41) is 0.904. The number of H-pyrrole nitrogens is 1. The minimum Gasteiger partial charge on any atom is -0.454 e. The molecule has 0 saturated carbocycles. The second kappa shape index (κ2) is 4.63. The van der Waals surface area contributed by atoms with Gasteiger partial charge in [0, 0.05) is 32.7 Å². The lowest BCUT2D eigenvalue weighted by molar-refractivity contribution is 0.104. The van der Waals surface area contributed by atoms with Crippen LogP contribution < -0.4 is 9.47 Å². The van der Waals surface area contributed by atoms with Gasteiger partial charge in [0.25, 0.3) is 0 Å². The molecule has 1 aromatic heterocycles. The number of aromatic amines is 1. The highest BCUT2D eigenvalue weighted by atomic mass is 79.9. The van der Waals surface area contributed by atoms with E-state index < -0.39 is 0 Å². The lowest BCUT2D eigenvalue weighted by atomic mass is 10.0. The third kappa shape index (κ3) is 2.01. The fourth-order valence-corrected chi connectivity index (χ4v) is 2.84. The summed E-state index contributed by atoms with van der Waals surface area (Å²) in [6.45, 7) is 0.202. The zero-order valence-electron chi connectivity index (χ0n) is 10.9. The number of ketones is 1. The smallest absolute Gasteiger partial charge is 0.231 e. The van der Waals surface area contributed by atoms with Crippen molar-refractivity contribution in [1.29, 1.82) is 0 Å². The van der Waals surface area contributed by atoms with Gasteiger partial charge in [-0.3, -0.25) is 4.79 Å². The van der Waals surface area contributed by atoms with E-state index in [1.807, 2.05) is 18.2 Å². The SMILES string of the molecule is O=C(c1ccc2c(c1)OCO2)c1c[nH]c2cc(Br)ccc12. The summed E-state index contributed by atoms with van der Waals surface area (Å²) in [4.78, 5) is 15.8. The molecule has 0 fully saturated rings. The van der Waals surface area contributed by atoms with E-state index in [4.69, 9.17) is 9.47 Å². The first-order valence-corrected chi connectivity index (χ1v) is 7.23. The van der Waals surface area contributed by atoms with E-state index in [1.54, 1.807) is 24.4 Å². The van der Waals surface area contributed by atoms with Gasteiger partial charge in [-0.2, -0.15) is 0 Å². The Hall–Kier alpha value is -2.27. The average molecular weight is 344 g/mol. The van der Waals surface area contributed by atoms with Crippen LogP contribution in [-0.2, 0) is 0 Å². The summed E-state index contributed by atoms with van der Waals surface area (Å²) in [6, 6.07) is 11.0. The molecule has 104 valence electrons. The molecule has 0 aliphatic carbocycles. The molecule has 0 unspecified atom stereocenters. The Kier molecular flexibility index (Phi) is 2.75. The molecule has 4 rings (SSSR count). The Bertz CT molecular complexity index is 869. The number of aromatic nitrogens is 1. The van der Waals surface area contributed by atoms with Gasteiger partial charge in [0.2, 0.25) is 6.79 Å². The Morgan fingerprint density at radius 3 is 2.86 bits per heavy atom. The van der Waals surface area contributed by atoms with Crippen LogP contribution in [0.1, 0.15) is 15.9 Å². The highest BCUT2D eigenvalue weighted by Gasteiger charge is 2.19. The van der Waals surface area contributed by atoms with Gasteiger partial charge in [0.05, 0.1) is 0 Å². The molecule has 4 nitrogen and oxygen atoms in total. The lowest BCUT2D eigenvalue weighted by Crippen LogP contribution is -2.00. The predicted molar refractivity (Wildman–Crippen MR) is 82.0 cm³/mol. The molecule has 0 saturated heterocycles. The van der Waals surface area contributed by atoms with Crippen molar-refractivity contribution in [1.82, 2.24) is 4.98 Å². The van der Waals surface area contributed by atoms with E-state index >= 15 is 0 Å². The number of carbonyl (C=O) groups excluding carboxylic acids is 1. The number of halogens is 1. The molecule has 1 aliphatic rings. The molecule has 0 bridgehead atoms. The van der Waals surface area contributed by atoms with Gasteiger partial charge in [0.1, 0.15) is 0 Å². The van der Waals surface area contributed by atoms with Gasteiger partial charge in [0.15, 0.2) is 17.3 Å². The topological polar surface area (TPSA) is 51.3 Å². The molecular weight excluding hydrogens is 334 g/mol. The van der Waals surface area contributed by atoms with Crippen molar-refractivity contribution >= 4 is 32.6 Å². The third-order valence-corrected chi connectivity index (χ3v) is 4.02. The Balaban J connectivity index is 1.79.